The van der Waals surface area contributed by atoms with Crippen LogP contribution in [0.2, 0.25) is 0 Å². The first kappa shape index (κ1) is 28.3. The molecule has 2 aromatic heterocycles. The molecule has 0 radical (unpaired) electrons. The van der Waals surface area contributed by atoms with Crippen molar-refractivity contribution in [3.05, 3.63) is 64.0 Å². The maximum Gasteiger partial charge on any atom is 0.416 e. The maximum absolute atomic E-state index is 14.3. The molecule has 0 saturated heterocycles. The van der Waals surface area contributed by atoms with Gasteiger partial charge >= 0.3 is 6.18 Å². The second kappa shape index (κ2) is 10.5. The smallest absolute Gasteiger partial charge is 0.387 e. The highest BCUT2D eigenvalue weighted by Crippen LogP contribution is 2.44. The first-order chi connectivity index (χ1) is 20.0. The van der Waals surface area contributed by atoms with Crippen molar-refractivity contribution in [2.24, 2.45) is 17.9 Å². The zero-order chi connectivity index (χ0) is 29.8. The van der Waals surface area contributed by atoms with E-state index in [1.165, 1.54) is 11.0 Å². The number of hydrogen-bond donors (Lipinski definition) is 3. The summed E-state index contributed by atoms with van der Waals surface area (Å²) >= 11 is 0. The predicted molar refractivity (Wildman–Crippen MR) is 149 cm³/mol. The number of amides is 1. The van der Waals surface area contributed by atoms with Crippen LogP contribution >= 0.6 is 0 Å². The number of nitrogens with one attached hydrogen (secondary N) is 1. The summed E-state index contributed by atoms with van der Waals surface area (Å²) in [6, 6.07) is 6.11. The Morgan fingerprint density at radius 2 is 2.02 bits per heavy atom. The Balaban J connectivity index is 1.37. The number of halogens is 3. The molecule has 1 amide bonds. The number of anilines is 1. The van der Waals surface area contributed by atoms with E-state index in [2.05, 4.69) is 15.5 Å². The van der Waals surface area contributed by atoms with Crippen molar-refractivity contribution in [2.75, 3.05) is 18.6 Å². The lowest BCUT2D eigenvalue weighted by molar-refractivity contribution is -0.138. The number of amidine groups is 1. The highest BCUT2D eigenvalue weighted by molar-refractivity contribution is 6.10. The van der Waals surface area contributed by atoms with E-state index >= 15 is 0 Å². The van der Waals surface area contributed by atoms with E-state index in [-0.39, 0.29) is 48.2 Å². The Bertz CT molecular complexity index is 1580. The van der Waals surface area contributed by atoms with Crippen molar-refractivity contribution < 1.29 is 27.8 Å². The molecule has 0 unspecified atom stereocenters. The van der Waals surface area contributed by atoms with Crippen molar-refractivity contribution in [3.63, 3.8) is 0 Å². The Kier molecular flexibility index (Phi) is 7.06. The molecule has 4 N–H and O–H groups in total. The number of aryl methyl sites for hydroxylation is 1. The zero-order valence-electron chi connectivity index (χ0n) is 23.3. The number of pyridine rings is 1. The number of alkyl halides is 3. The lowest BCUT2D eigenvalue weighted by Crippen LogP contribution is -2.41. The Hall–Kier alpha value is -3.81. The lowest BCUT2D eigenvalue weighted by atomic mass is 9.81. The third-order valence-electron chi connectivity index (χ3n) is 8.26. The summed E-state index contributed by atoms with van der Waals surface area (Å²) in [4.78, 5) is 23.9. The number of ether oxygens (including phenoxy) is 1. The molecule has 1 aliphatic heterocycles. The molecule has 0 spiro atoms. The zero-order valence-corrected chi connectivity index (χ0v) is 23.3. The maximum atomic E-state index is 14.3. The number of carbonyl (C=O) groups is 1. The number of nitrogens with two attached hydrogens (primary N) is 1. The number of aliphatic imine (C=N–C) groups is 1. The first-order valence-corrected chi connectivity index (χ1v) is 13.8. The van der Waals surface area contributed by atoms with Gasteiger partial charge in [-0.15, -0.1) is 0 Å². The van der Waals surface area contributed by atoms with Crippen LogP contribution in [0.1, 0.15) is 76.3 Å². The van der Waals surface area contributed by atoms with Crippen molar-refractivity contribution >= 4 is 17.6 Å². The van der Waals surface area contributed by atoms with Crippen LogP contribution < -0.4 is 16.2 Å². The number of aromatic nitrogens is 3. The lowest BCUT2D eigenvalue weighted by Gasteiger charge is -2.36. The molecule has 1 aromatic carbocycles. The largest absolute Gasteiger partial charge is 0.416 e. The summed E-state index contributed by atoms with van der Waals surface area (Å²) < 4.78 is 50.0. The number of hydrazine groups is 1. The third kappa shape index (κ3) is 5.16. The van der Waals surface area contributed by atoms with E-state index in [1.807, 2.05) is 6.07 Å². The number of carbonyl (C=O) groups excluding carboxylic acids is 1. The molecule has 3 heterocycles. The van der Waals surface area contributed by atoms with E-state index in [0.717, 1.165) is 31.0 Å². The highest BCUT2D eigenvalue weighted by atomic mass is 19.4. The highest BCUT2D eigenvalue weighted by Gasteiger charge is 2.41. The molecule has 222 valence electrons. The Morgan fingerprint density at radius 3 is 2.64 bits per heavy atom. The number of benzene rings is 1. The SMILES string of the molecule is CN=C(NN)c1cnn(C)c1-c1cc(C2CC2)nc(N2Cc3c(cc(COCC4(O)CCC4)cc3C(F)(F)F)C2=O)c1. The number of hydrogen-bond acceptors (Lipinski definition) is 7. The van der Waals surface area contributed by atoms with Gasteiger partial charge in [0.15, 0.2) is 0 Å². The molecule has 2 fully saturated rings. The van der Waals surface area contributed by atoms with Gasteiger partial charge in [-0.2, -0.15) is 18.3 Å². The molecule has 2 saturated carbocycles. The van der Waals surface area contributed by atoms with Crippen molar-refractivity contribution in [3.8, 4) is 11.3 Å². The van der Waals surface area contributed by atoms with E-state index in [1.54, 1.807) is 31.0 Å². The van der Waals surface area contributed by atoms with Crippen LogP contribution in [0.4, 0.5) is 19.0 Å². The number of nitrogens with zero attached hydrogens (tertiary/aromatic N) is 5. The average Bonchev–Trinajstić information content (AvgIpc) is 3.65. The predicted octanol–water partition coefficient (Wildman–Crippen LogP) is 3.81. The molecule has 2 aliphatic carbocycles. The summed E-state index contributed by atoms with van der Waals surface area (Å²) in [5, 5.41) is 14.6. The molecule has 3 aliphatic rings. The van der Waals surface area contributed by atoms with Gasteiger partial charge in [0.2, 0.25) is 0 Å². The fourth-order valence-corrected chi connectivity index (χ4v) is 5.69. The monoisotopic (exact) mass is 583 g/mol. The molecular formula is C29H32F3N7O3. The summed E-state index contributed by atoms with van der Waals surface area (Å²) in [5.41, 5.74) is 3.62. The quantitative estimate of drug-likeness (QED) is 0.159. The van der Waals surface area contributed by atoms with Gasteiger partial charge in [-0.25, -0.2) is 10.8 Å². The van der Waals surface area contributed by atoms with Crippen molar-refractivity contribution in [1.29, 1.82) is 0 Å². The molecule has 0 atom stereocenters. The minimum absolute atomic E-state index is 0.0279. The first-order valence-electron chi connectivity index (χ1n) is 13.8. The normalized spacial score (nSPS) is 18.3. The van der Waals surface area contributed by atoms with Crippen molar-refractivity contribution in [1.82, 2.24) is 20.2 Å². The van der Waals surface area contributed by atoms with Crippen LogP contribution in [0.5, 0.6) is 0 Å². The molecule has 10 nitrogen and oxygen atoms in total. The molecule has 0 bridgehead atoms. The minimum Gasteiger partial charge on any atom is -0.387 e. The minimum atomic E-state index is -4.67. The van der Waals surface area contributed by atoms with Gasteiger partial charge in [0.1, 0.15) is 11.7 Å². The Morgan fingerprint density at radius 1 is 1.26 bits per heavy atom. The summed E-state index contributed by atoms with van der Waals surface area (Å²) in [7, 11) is 3.35. The summed E-state index contributed by atoms with van der Waals surface area (Å²) in [5.74, 6) is 5.99. The van der Waals surface area contributed by atoms with Crippen LogP contribution in [0.25, 0.3) is 11.3 Å². The van der Waals surface area contributed by atoms with E-state index in [4.69, 9.17) is 15.6 Å². The van der Waals surface area contributed by atoms with E-state index in [0.29, 0.717) is 35.5 Å². The summed E-state index contributed by atoms with van der Waals surface area (Å²) in [6.07, 6.45) is 0.903. The molecular weight excluding hydrogens is 551 g/mol. The van der Waals surface area contributed by atoms with Gasteiger partial charge in [-0.3, -0.25) is 19.4 Å². The topological polar surface area (TPSA) is 131 Å². The molecule has 13 heteroatoms. The van der Waals surface area contributed by atoms with Crippen LogP contribution in [-0.4, -0.2) is 50.9 Å². The van der Waals surface area contributed by atoms with Gasteiger partial charge < -0.3 is 15.3 Å². The average molecular weight is 584 g/mol. The Labute approximate surface area is 240 Å². The second-order valence-electron chi connectivity index (χ2n) is 11.3. The van der Waals surface area contributed by atoms with Crippen LogP contribution in [-0.2, 0) is 31.1 Å². The van der Waals surface area contributed by atoms with Gasteiger partial charge in [0.05, 0.1) is 48.4 Å². The van der Waals surface area contributed by atoms with Crippen LogP contribution in [0.15, 0.2) is 35.5 Å². The van der Waals surface area contributed by atoms with Gasteiger partial charge in [-0.05, 0) is 67.5 Å². The standard InChI is InChI=1S/C29H32F3N7O3/c1-34-26(37-33)20-12-35-38(2)25(20)18-10-23(17-4-5-17)36-24(11-18)39-13-21-19(27(39)40)8-16(9-22(21)29(30,31)32)14-42-15-28(41)6-3-7-28/h8-12,17,41H,3-7,13-15,33H2,1-2H3,(H,34,37). The molecule has 3 aromatic rings. The van der Waals surface area contributed by atoms with Gasteiger partial charge in [0, 0.05) is 36.8 Å². The van der Waals surface area contributed by atoms with Crippen LogP contribution in [0, 0.1) is 0 Å². The second-order valence-corrected chi connectivity index (χ2v) is 11.3. The summed E-state index contributed by atoms with van der Waals surface area (Å²) in [6.45, 7) is -0.383. The molecule has 6 rings (SSSR count). The molecule has 42 heavy (non-hydrogen) atoms. The number of aliphatic hydroxyl groups is 1. The van der Waals surface area contributed by atoms with E-state index < -0.39 is 23.2 Å². The van der Waals surface area contributed by atoms with Gasteiger partial charge in [-0.1, -0.05) is 0 Å². The van der Waals surface area contributed by atoms with Crippen molar-refractivity contribution in [2.45, 2.75) is 63.0 Å². The van der Waals surface area contributed by atoms with Crippen LogP contribution in [0.3, 0.4) is 0 Å². The van der Waals surface area contributed by atoms with E-state index in [9.17, 15) is 23.1 Å². The fraction of sp³-hybridized carbons (Fsp3) is 0.448. The van der Waals surface area contributed by atoms with Gasteiger partial charge in [0.25, 0.3) is 5.91 Å². The third-order valence-corrected chi connectivity index (χ3v) is 8.26. The fourth-order valence-electron chi connectivity index (χ4n) is 5.69. The number of rotatable bonds is 8. The number of fused-ring (bicyclic) bond motifs is 1.